The molecule has 1 rings (SSSR count). The highest BCUT2D eigenvalue weighted by Crippen LogP contribution is 2.42. The van der Waals surface area contributed by atoms with Gasteiger partial charge in [-0.1, -0.05) is 18.6 Å². The number of likely N-dealkylation sites (N-methyl/N-ethyl adjacent to an activating group) is 2. The van der Waals surface area contributed by atoms with Crippen molar-refractivity contribution in [3.8, 4) is 0 Å². The molecule has 0 bridgehead atoms. The maximum Gasteiger partial charge on any atom is 0.239 e. The molecule has 1 saturated carbocycles. The number of carbonyl (C=O) groups is 2. The summed E-state index contributed by atoms with van der Waals surface area (Å²) in [5, 5.41) is 2.68. The Morgan fingerprint density at radius 1 is 1.39 bits per heavy atom. The van der Waals surface area contributed by atoms with E-state index in [-0.39, 0.29) is 23.3 Å². The van der Waals surface area contributed by atoms with Crippen molar-refractivity contribution in [1.82, 2.24) is 10.2 Å². The van der Waals surface area contributed by atoms with Crippen molar-refractivity contribution in [2.45, 2.75) is 33.1 Å². The number of hydrogen-bond donors (Lipinski definition) is 2. The largest absolute Gasteiger partial charge is 0.392 e. The van der Waals surface area contributed by atoms with Gasteiger partial charge >= 0.3 is 0 Å². The molecule has 0 heterocycles. The highest BCUT2D eigenvalue weighted by atomic mass is 32.1. The van der Waals surface area contributed by atoms with Crippen LogP contribution in [0.4, 0.5) is 0 Å². The summed E-state index contributed by atoms with van der Waals surface area (Å²) < 4.78 is 0. The van der Waals surface area contributed by atoms with E-state index in [2.05, 4.69) is 5.32 Å². The Kier molecular flexibility index (Phi) is 5.07. The number of nitrogens with one attached hydrogen (secondary N) is 1. The molecule has 0 aromatic carbocycles. The minimum Gasteiger partial charge on any atom is -0.392 e. The van der Waals surface area contributed by atoms with Crippen molar-refractivity contribution in [2.24, 2.45) is 11.1 Å². The maximum absolute atomic E-state index is 12.4. The van der Waals surface area contributed by atoms with Crippen LogP contribution < -0.4 is 11.1 Å². The van der Waals surface area contributed by atoms with E-state index >= 15 is 0 Å². The zero-order chi connectivity index (χ0) is 13.8. The minimum atomic E-state index is -0.697. The number of thiocarbonyl (C=S) groups is 1. The monoisotopic (exact) mass is 271 g/mol. The van der Waals surface area contributed by atoms with Gasteiger partial charge in [-0.25, -0.2) is 0 Å². The van der Waals surface area contributed by atoms with Gasteiger partial charge in [0, 0.05) is 13.1 Å². The second-order valence-electron chi connectivity index (χ2n) is 4.57. The van der Waals surface area contributed by atoms with Crippen LogP contribution in [0.1, 0.15) is 33.1 Å². The van der Waals surface area contributed by atoms with Crippen molar-refractivity contribution in [3.05, 3.63) is 0 Å². The van der Waals surface area contributed by atoms with Gasteiger partial charge in [-0.05, 0) is 26.7 Å². The van der Waals surface area contributed by atoms with Gasteiger partial charge in [0.1, 0.15) is 0 Å². The van der Waals surface area contributed by atoms with E-state index in [0.717, 1.165) is 6.42 Å². The molecule has 0 saturated heterocycles. The first-order chi connectivity index (χ1) is 8.47. The van der Waals surface area contributed by atoms with Gasteiger partial charge in [0.15, 0.2) is 0 Å². The lowest BCUT2D eigenvalue weighted by Gasteiger charge is -2.42. The van der Waals surface area contributed by atoms with Crippen molar-refractivity contribution in [1.29, 1.82) is 0 Å². The van der Waals surface area contributed by atoms with E-state index in [1.807, 2.05) is 13.8 Å². The van der Waals surface area contributed by atoms with Crippen molar-refractivity contribution >= 4 is 29.0 Å². The number of hydrogen-bond acceptors (Lipinski definition) is 3. The molecule has 18 heavy (non-hydrogen) atoms. The number of carbonyl (C=O) groups excluding carboxylic acids is 2. The molecule has 0 aromatic rings. The molecule has 102 valence electrons. The summed E-state index contributed by atoms with van der Waals surface area (Å²) in [7, 11) is 0. The molecule has 0 aromatic heterocycles. The Morgan fingerprint density at radius 3 is 2.33 bits per heavy atom. The van der Waals surface area contributed by atoms with Crippen LogP contribution in [0.25, 0.3) is 0 Å². The number of amides is 2. The average molecular weight is 271 g/mol. The van der Waals surface area contributed by atoms with Crippen molar-refractivity contribution in [2.75, 3.05) is 19.6 Å². The van der Waals surface area contributed by atoms with E-state index in [0.29, 0.717) is 25.9 Å². The normalized spacial score (nSPS) is 16.6. The minimum absolute atomic E-state index is 0.0769. The van der Waals surface area contributed by atoms with Crippen LogP contribution >= 0.6 is 12.2 Å². The lowest BCUT2D eigenvalue weighted by atomic mass is 9.67. The molecular formula is C12H21N3O2S. The fraction of sp³-hybridized carbons (Fsp3) is 0.750. The Balaban J connectivity index is 2.73. The molecule has 1 aliphatic rings. The molecule has 3 N–H and O–H groups in total. The summed E-state index contributed by atoms with van der Waals surface area (Å²) in [4.78, 5) is 25.8. The topological polar surface area (TPSA) is 75.4 Å². The SMILES string of the molecule is CCNC(=O)CN(CC)C(=O)C1(C(N)=S)CCC1. The van der Waals surface area contributed by atoms with Crippen LogP contribution in [0.5, 0.6) is 0 Å². The Bertz CT molecular complexity index is 353. The van der Waals surface area contributed by atoms with E-state index in [1.54, 1.807) is 0 Å². The summed E-state index contributed by atoms with van der Waals surface area (Å²) in [5.41, 5.74) is 5.00. The van der Waals surface area contributed by atoms with E-state index in [4.69, 9.17) is 18.0 Å². The molecule has 2 amide bonds. The third kappa shape index (κ3) is 2.80. The predicted molar refractivity (Wildman–Crippen MR) is 74.0 cm³/mol. The Labute approximate surface area is 113 Å². The highest BCUT2D eigenvalue weighted by molar-refractivity contribution is 7.80. The third-order valence-corrected chi connectivity index (χ3v) is 3.86. The molecule has 1 fully saturated rings. The fourth-order valence-electron chi connectivity index (χ4n) is 2.15. The summed E-state index contributed by atoms with van der Waals surface area (Å²) in [6.07, 6.45) is 2.36. The molecule has 1 aliphatic carbocycles. The first-order valence-electron chi connectivity index (χ1n) is 6.34. The van der Waals surface area contributed by atoms with Gasteiger partial charge in [-0.3, -0.25) is 9.59 Å². The van der Waals surface area contributed by atoms with Crippen LogP contribution in [0.15, 0.2) is 0 Å². The molecule has 0 radical (unpaired) electrons. The molecule has 5 nitrogen and oxygen atoms in total. The van der Waals surface area contributed by atoms with E-state index < -0.39 is 5.41 Å². The Hall–Kier alpha value is -1.17. The second kappa shape index (κ2) is 6.13. The lowest BCUT2D eigenvalue weighted by molar-refractivity contribution is -0.144. The average Bonchev–Trinajstić information content (AvgIpc) is 2.23. The molecule has 0 spiro atoms. The predicted octanol–water partition coefficient (Wildman–Crippen LogP) is 0.427. The zero-order valence-corrected chi connectivity index (χ0v) is 11.8. The Morgan fingerprint density at radius 2 is 2.00 bits per heavy atom. The van der Waals surface area contributed by atoms with Crippen LogP contribution in [0.3, 0.4) is 0 Å². The van der Waals surface area contributed by atoms with E-state index in [1.165, 1.54) is 4.90 Å². The molecule has 0 aliphatic heterocycles. The summed E-state index contributed by atoms with van der Waals surface area (Å²) >= 11 is 5.02. The van der Waals surface area contributed by atoms with Crippen LogP contribution in [0.2, 0.25) is 0 Å². The fourth-order valence-corrected chi connectivity index (χ4v) is 2.44. The number of rotatable bonds is 6. The standard InChI is InChI=1S/C12H21N3O2S/c1-3-14-9(16)8-15(4-2)11(17)12(10(13)18)6-5-7-12/h3-8H2,1-2H3,(H2,13,18)(H,14,16). The summed E-state index contributed by atoms with van der Waals surface area (Å²) in [6.45, 7) is 4.82. The maximum atomic E-state index is 12.4. The van der Waals surface area contributed by atoms with Gasteiger partial charge in [0.05, 0.1) is 16.9 Å². The second-order valence-corrected chi connectivity index (χ2v) is 5.01. The quantitative estimate of drug-likeness (QED) is 0.687. The zero-order valence-electron chi connectivity index (χ0n) is 11.0. The van der Waals surface area contributed by atoms with Gasteiger partial charge in [0.25, 0.3) is 0 Å². The van der Waals surface area contributed by atoms with Crippen molar-refractivity contribution < 1.29 is 9.59 Å². The van der Waals surface area contributed by atoms with Gasteiger partial charge in [0.2, 0.25) is 11.8 Å². The molecule has 6 heteroatoms. The molecule has 0 atom stereocenters. The van der Waals surface area contributed by atoms with Gasteiger partial charge < -0.3 is 16.0 Å². The first-order valence-corrected chi connectivity index (χ1v) is 6.74. The smallest absolute Gasteiger partial charge is 0.239 e. The van der Waals surface area contributed by atoms with Gasteiger partial charge in [-0.15, -0.1) is 0 Å². The lowest BCUT2D eigenvalue weighted by Crippen LogP contribution is -2.56. The molecule has 0 unspecified atom stereocenters. The van der Waals surface area contributed by atoms with Crippen LogP contribution in [-0.2, 0) is 9.59 Å². The summed E-state index contributed by atoms with van der Waals surface area (Å²) in [5.74, 6) is -0.250. The third-order valence-electron chi connectivity index (χ3n) is 3.47. The van der Waals surface area contributed by atoms with Crippen LogP contribution in [-0.4, -0.2) is 41.3 Å². The number of nitrogens with two attached hydrogens (primary N) is 1. The molecular weight excluding hydrogens is 250 g/mol. The van der Waals surface area contributed by atoms with Gasteiger partial charge in [-0.2, -0.15) is 0 Å². The van der Waals surface area contributed by atoms with Crippen LogP contribution in [0, 0.1) is 5.41 Å². The van der Waals surface area contributed by atoms with Crippen molar-refractivity contribution in [3.63, 3.8) is 0 Å². The number of nitrogens with zero attached hydrogens (tertiary/aromatic N) is 1. The first kappa shape index (κ1) is 14.9. The summed E-state index contributed by atoms with van der Waals surface area (Å²) in [6, 6.07) is 0. The highest BCUT2D eigenvalue weighted by Gasteiger charge is 2.48. The van der Waals surface area contributed by atoms with E-state index in [9.17, 15) is 9.59 Å².